The van der Waals surface area contributed by atoms with Gasteiger partial charge in [-0.2, -0.15) is 0 Å². The minimum Gasteiger partial charge on any atom is -0.309 e. The van der Waals surface area contributed by atoms with E-state index in [4.69, 9.17) is 0 Å². The summed E-state index contributed by atoms with van der Waals surface area (Å²) in [7, 11) is 0. The van der Waals surface area contributed by atoms with E-state index in [9.17, 15) is 14.0 Å². The second kappa shape index (κ2) is 6.67. The van der Waals surface area contributed by atoms with Gasteiger partial charge in [-0.05, 0) is 30.3 Å². The van der Waals surface area contributed by atoms with Crippen molar-refractivity contribution in [3.63, 3.8) is 0 Å². The molecule has 1 amide bonds. The van der Waals surface area contributed by atoms with Gasteiger partial charge < -0.3 is 5.32 Å². The number of rotatable bonds is 3. The van der Waals surface area contributed by atoms with Crippen LogP contribution in [-0.2, 0) is 11.3 Å². The number of nitrogens with zero attached hydrogens (tertiary/aromatic N) is 2. The largest absolute Gasteiger partial charge is 0.309 e. The number of hydrogen-bond donors (Lipinski definition) is 1. The molecule has 0 atom stereocenters. The summed E-state index contributed by atoms with van der Waals surface area (Å²) in [5.74, 6) is -0.348. The Morgan fingerprint density at radius 1 is 1.32 bits per heavy atom. The number of benzene rings is 1. The highest BCUT2D eigenvalue weighted by atomic mass is 35.5. The molecule has 0 unspecified atom stereocenters. The summed E-state index contributed by atoms with van der Waals surface area (Å²) in [6.45, 7) is -0.129. The zero-order valence-corrected chi connectivity index (χ0v) is 12.8. The van der Waals surface area contributed by atoms with Crippen LogP contribution in [0.2, 0.25) is 0 Å². The Labute approximate surface area is 135 Å². The van der Waals surface area contributed by atoms with Gasteiger partial charge in [0, 0.05) is 6.20 Å². The van der Waals surface area contributed by atoms with Crippen LogP contribution in [0.1, 0.15) is 0 Å². The van der Waals surface area contributed by atoms with E-state index in [0.29, 0.717) is 15.9 Å². The van der Waals surface area contributed by atoms with Crippen LogP contribution in [0.4, 0.5) is 10.2 Å². The Hall–Kier alpha value is -2.25. The smallest absolute Gasteiger partial charge is 0.269 e. The van der Waals surface area contributed by atoms with Gasteiger partial charge in [0.25, 0.3) is 5.56 Å². The van der Waals surface area contributed by atoms with Gasteiger partial charge >= 0.3 is 0 Å². The fraction of sp³-hybridized carbons (Fsp3) is 0.0714. The standard InChI is InChI=1S/C14H10FN3O2S.ClH/c15-9-4-5-10-11(7-9)21-18(14(10)20)8-13(19)17-12-3-1-2-6-16-12;/h1-7H,8H2,(H,16,17,19);1H. The molecule has 22 heavy (non-hydrogen) atoms. The van der Waals surface area contributed by atoms with Crippen LogP contribution in [-0.4, -0.2) is 14.8 Å². The van der Waals surface area contributed by atoms with Gasteiger partial charge in [-0.3, -0.25) is 13.5 Å². The third-order valence-corrected chi connectivity index (χ3v) is 3.88. The van der Waals surface area contributed by atoms with Crippen LogP contribution in [0.15, 0.2) is 47.4 Å². The molecule has 5 nitrogen and oxygen atoms in total. The lowest BCUT2D eigenvalue weighted by Crippen LogP contribution is -2.24. The van der Waals surface area contributed by atoms with Crippen LogP contribution < -0.4 is 10.9 Å². The molecule has 0 aliphatic carbocycles. The molecule has 114 valence electrons. The highest BCUT2D eigenvalue weighted by Crippen LogP contribution is 2.17. The van der Waals surface area contributed by atoms with Gasteiger partial charge in [-0.25, -0.2) is 9.37 Å². The maximum Gasteiger partial charge on any atom is 0.269 e. The van der Waals surface area contributed by atoms with Crippen molar-refractivity contribution >= 4 is 45.8 Å². The predicted molar refractivity (Wildman–Crippen MR) is 86.2 cm³/mol. The third kappa shape index (κ3) is 3.32. The molecule has 0 fully saturated rings. The number of amides is 1. The number of carbonyl (C=O) groups excluding carboxylic acids is 1. The fourth-order valence-electron chi connectivity index (χ4n) is 1.90. The average molecular weight is 340 g/mol. The summed E-state index contributed by atoms with van der Waals surface area (Å²) in [5.41, 5.74) is -0.300. The van der Waals surface area contributed by atoms with E-state index in [1.54, 1.807) is 24.4 Å². The molecule has 3 aromatic rings. The minimum absolute atomic E-state index is 0. The third-order valence-electron chi connectivity index (χ3n) is 2.83. The first-order chi connectivity index (χ1) is 10.1. The van der Waals surface area contributed by atoms with E-state index in [2.05, 4.69) is 10.3 Å². The number of aromatic nitrogens is 2. The fourth-order valence-corrected chi connectivity index (χ4v) is 2.92. The molecule has 0 saturated carbocycles. The lowest BCUT2D eigenvalue weighted by Gasteiger charge is -2.03. The van der Waals surface area contributed by atoms with Crippen molar-refractivity contribution < 1.29 is 9.18 Å². The zero-order valence-electron chi connectivity index (χ0n) is 11.2. The first-order valence-corrected chi connectivity index (χ1v) is 6.91. The van der Waals surface area contributed by atoms with Crippen molar-refractivity contribution in [2.24, 2.45) is 0 Å². The number of halogens is 2. The van der Waals surface area contributed by atoms with Crippen molar-refractivity contribution in [2.45, 2.75) is 6.54 Å². The van der Waals surface area contributed by atoms with Gasteiger partial charge in [0.2, 0.25) is 5.91 Å². The molecule has 0 aliphatic rings. The van der Waals surface area contributed by atoms with E-state index < -0.39 is 5.82 Å². The Balaban J connectivity index is 0.00000176. The van der Waals surface area contributed by atoms with Crippen LogP contribution in [0.25, 0.3) is 10.1 Å². The van der Waals surface area contributed by atoms with E-state index in [1.807, 2.05) is 0 Å². The molecule has 8 heteroatoms. The van der Waals surface area contributed by atoms with Crippen LogP contribution in [0, 0.1) is 5.82 Å². The molecule has 1 N–H and O–H groups in total. The Kier molecular flexibility index (Phi) is 4.89. The van der Waals surface area contributed by atoms with Crippen LogP contribution >= 0.6 is 23.9 Å². The van der Waals surface area contributed by atoms with Crippen molar-refractivity contribution in [2.75, 3.05) is 5.32 Å². The van der Waals surface area contributed by atoms with Crippen molar-refractivity contribution in [1.82, 2.24) is 8.94 Å². The molecule has 1 aromatic carbocycles. The van der Waals surface area contributed by atoms with E-state index in [-0.39, 0.29) is 30.4 Å². The second-order valence-electron chi connectivity index (χ2n) is 4.34. The summed E-state index contributed by atoms with van der Waals surface area (Å²) >= 11 is 1.06. The Morgan fingerprint density at radius 3 is 2.86 bits per heavy atom. The Bertz CT molecular complexity index is 863. The molecule has 0 bridgehead atoms. The first kappa shape index (κ1) is 16.1. The number of carbonyl (C=O) groups is 1. The van der Waals surface area contributed by atoms with Gasteiger partial charge in [0.05, 0.1) is 10.1 Å². The van der Waals surface area contributed by atoms with E-state index in [1.165, 1.54) is 22.2 Å². The Morgan fingerprint density at radius 2 is 2.14 bits per heavy atom. The monoisotopic (exact) mass is 339 g/mol. The van der Waals surface area contributed by atoms with E-state index in [0.717, 1.165) is 11.5 Å². The van der Waals surface area contributed by atoms with Gasteiger partial charge in [0.15, 0.2) is 0 Å². The molecular formula is C14H11ClFN3O2S. The van der Waals surface area contributed by atoms with Gasteiger partial charge in [-0.1, -0.05) is 17.6 Å². The molecule has 0 spiro atoms. The lowest BCUT2D eigenvalue weighted by molar-refractivity contribution is -0.116. The molecule has 2 aromatic heterocycles. The molecule has 3 rings (SSSR count). The zero-order chi connectivity index (χ0) is 14.8. The van der Waals surface area contributed by atoms with Crippen molar-refractivity contribution in [3.05, 3.63) is 58.8 Å². The number of fused-ring (bicyclic) bond motifs is 1. The maximum absolute atomic E-state index is 13.1. The highest BCUT2D eigenvalue weighted by molar-refractivity contribution is 7.13. The lowest BCUT2D eigenvalue weighted by atomic mass is 10.3. The number of nitrogens with one attached hydrogen (secondary N) is 1. The number of hydrogen-bond acceptors (Lipinski definition) is 4. The molecule has 0 saturated heterocycles. The summed E-state index contributed by atoms with van der Waals surface area (Å²) < 4.78 is 14.9. The van der Waals surface area contributed by atoms with Gasteiger partial charge in [0.1, 0.15) is 18.2 Å². The van der Waals surface area contributed by atoms with Crippen molar-refractivity contribution in [3.8, 4) is 0 Å². The molecule has 0 aliphatic heterocycles. The minimum atomic E-state index is -0.408. The predicted octanol–water partition coefficient (Wildman–Crippen LogP) is 2.66. The highest BCUT2D eigenvalue weighted by Gasteiger charge is 2.11. The topological polar surface area (TPSA) is 64.0 Å². The maximum atomic E-state index is 13.1. The molecule has 0 radical (unpaired) electrons. The van der Waals surface area contributed by atoms with Crippen molar-refractivity contribution in [1.29, 1.82) is 0 Å². The number of anilines is 1. The molecule has 2 heterocycles. The van der Waals surface area contributed by atoms with Crippen LogP contribution in [0.5, 0.6) is 0 Å². The van der Waals surface area contributed by atoms with Crippen LogP contribution in [0.3, 0.4) is 0 Å². The van der Waals surface area contributed by atoms with E-state index >= 15 is 0 Å². The first-order valence-electron chi connectivity index (χ1n) is 6.14. The molecular weight excluding hydrogens is 329 g/mol. The summed E-state index contributed by atoms with van der Waals surface area (Å²) in [5, 5.41) is 3.01. The van der Waals surface area contributed by atoms with Gasteiger partial charge in [-0.15, -0.1) is 12.4 Å². The SMILES string of the molecule is Cl.O=C(Cn1sc2cc(F)ccc2c1=O)Nc1ccccn1. The average Bonchev–Trinajstić information content (AvgIpc) is 2.75. The number of pyridine rings is 1. The summed E-state index contributed by atoms with van der Waals surface area (Å²) in [6, 6.07) is 9.08. The second-order valence-corrected chi connectivity index (χ2v) is 5.40. The quantitative estimate of drug-likeness (QED) is 0.798. The summed E-state index contributed by atoms with van der Waals surface area (Å²) in [4.78, 5) is 28.0. The summed E-state index contributed by atoms with van der Waals surface area (Å²) in [6.07, 6.45) is 1.56. The normalized spacial score (nSPS) is 10.2.